The van der Waals surface area contributed by atoms with Crippen LogP contribution in [0.15, 0.2) is 30.3 Å². The van der Waals surface area contributed by atoms with Crippen LogP contribution >= 0.6 is 11.6 Å². The number of hydrogen-bond acceptors (Lipinski definition) is 6. The molecule has 0 fully saturated rings. The van der Waals surface area contributed by atoms with Gasteiger partial charge >= 0.3 is 6.18 Å². The number of nitrogens with one attached hydrogen (secondary N) is 1. The third kappa shape index (κ3) is 4.76. The van der Waals surface area contributed by atoms with Crippen molar-refractivity contribution >= 4 is 34.0 Å². The molecule has 154 valence electrons. The molecule has 29 heavy (non-hydrogen) atoms. The van der Waals surface area contributed by atoms with E-state index in [0.29, 0.717) is 47.4 Å². The van der Waals surface area contributed by atoms with Gasteiger partial charge in [-0.05, 0) is 35.9 Å². The molecule has 0 saturated carbocycles. The molecule has 0 aliphatic carbocycles. The van der Waals surface area contributed by atoms with Crippen molar-refractivity contribution in [1.82, 2.24) is 15.4 Å². The van der Waals surface area contributed by atoms with E-state index < -0.39 is 17.6 Å². The van der Waals surface area contributed by atoms with Crippen LogP contribution in [0.25, 0.3) is 10.9 Å². The Morgan fingerprint density at radius 3 is 2.59 bits per heavy atom. The van der Waals surface area contributed by atoms with Gasteiger partial charge in [-0.1, -0.05) is 0 Å². The molecule has 0 unspecified atom stereocenters. The molecule has 0 atom stereocenters. The van der Waals surface area contributed by atoms with Gasteiger partial charge < -0.3 is 14.8 Å². The number of halogens is 5. The molecule has 0 bridgehead atoms. The molecule has 3 aromatic rings. The number of ether oxygens (including phenoxy) is 2. The third-order valence-electron chi connectivity index (χ3n) is 3.90. The third-order valence-corrected chi connectivity index (χ3v) is 4.17. The second kappa shape index (κ2) is 8.64. The molecule has 1 heterocycles. The van der Waals surface area contributed by atoms with Gasteiger partial charge in [-0.3, -0.25) is 0 Å². The van der Waals surface area contributed by atoms with Crippen molar-refractivity contribution in [3.63, 3.8) is 0 Å². The zero-order valence-corrected chi connectivity index (χ0v) is 15.8. The first-order valence-electron chi connectivity index (χ1n) is 8.37. The van der Waals surface area contributed by atoms with Crippen molar-refractivity contribution in [2.24, 2.45) is 0 Å². The largest absolute Gasteiger partial charge is 0.493 e. The first kappa shape index (κ1) is 20.8. The van der Waals surface area contributed by atoms with Gasteiger partial charge in [-0.15, -0.1) is 21.8 Å². The summed E-state index contributed by atoms with van der Waals surface area (Å²) in [5.41, 5.74) is -1.02. The summed E-state index contributed by atoms with van der Waals surface area (Å²) in [6, 6.07) is 5.70. The second-order valence-corrected chi connectivity index (χ2v) is 6.24. The highest BCUT2D eigenvalue weighted by Crippen LogP contribution is 2.36. The van der Waals surface area contributed by atoms with Crippen LogP contribution in [0.1, 0.15) is 12.0 Å². The molecule has 11 heteroatoms. The molecule has 3 rings (SSSR count). The summed E-state index contributed by atoms with van der Waals surface area (Å²) >= 11 is 5.64. The maximum atomic E-state index is 13.5. The molecule has 0 spiro atoms. The minimum Gasteiger partial charge on any atom is -0.493 e. The van der Waals surface area contributed by atoms with Crippen molar-refractivity contribution in [1.29, 1.82) is 0 Å². The van der Waals surface area contributed by atoms with Gasteiger partial charge in [0.1, 0.15) is 11.3 Å². The maximum Gasteiger partial charge on any atom is 0.419 e. The molecule has 1 aromatic heterocycles. The monoisotopic (exact) mass is 430 g/mol. The van der Waals surface area contributed by atoms with Gasteiger partial charge in [-0.2, -0.15) is 13.2 Å². The summed E-state index contributed by atoms with van der Waals surface area (Å²) < 4.78 is 63.3. The lowest BCUT2D eigenvalue weighted by atomic mass is 10.1. The standard InChI is InChI=1S/C18H15ClF4N4O2/c1-28-15-8-11-14(9-16(15)29-6-2-5-19)25-27-26-17(11)24-10-3-4-13(20)12(7-10)18(21,22)23/h3-4,7-9H,2,5-6H2,1H3,(H,24,25,26). The highest BCUT2D eigenvalue weighted by atomic mass is 35.5. The summed E-state index contributed by atoms with van der Waals surface area (Å²) in [5, 5.41) is 14.5. The highest BCUT2D eigenvalue weighted by Gasteiger charge is 2.34. The molecule has 2 aromatic carbocycles. The molecule has 0 aliphatic rings. The Kier molecular flexibility index (Phi) is 6.21. The van der Waals surface area contributed by atoms with Crippen LogP contribution < -0.4 is 14.8 Å². The number of hydrogen-bond donors (Lipinski definition) is 1. The van der Waals surface area contributed by atoms with E-state index in [1.54, 1.807) is 12.1 Å². The van der Waals surface area contributed by atoms with Gasteiger partial charge in [0.25, 0.3) is 0 Å². The number of benzene rings is 2. The van der Waals surface area contributed by atoms with Crippen LogP contribution in [-0.2, 0) is 6.18 Å². The fraction of sp³-hybridized carbons (Fsp3) is 0.278. The summed E-state index contributed by atoms with van der Waals surface area (Å²) in [5.74, 6) is -0.0159. The van der Waals surface area contributed by atoms with Gasteiger partial charge in [-0.25, -0.2) is 4.39 Å². The highest BCUT2D eigenvalue weighted by molar-refractivity contribution is 6.17. The SMILES string of the molecule is COc1cc2c(Nc3ccc(F)c(C(F)(F)F)c3)nnnc2cc1OCCCCl. The quantitative estimate of drug-likeness (QED) is 0.325. The van der Waals surface area contributed by atoms with Crippen LogP contribution in [-0.4, -0.2) is 35.0 Å². The maximum absolute atomic E-state index is 13.5. The molecular weight excluding hydrogens is 416 g/mol. The van der Waals surface area contributed by atoms with E-state index in [0.717, 1.165) is 6.07 Å². The number of fused-ring (bicyclic) bond motifs is 1. The zero-order valence-electron chi connectivity index (χ0n) is 15.1. The van der Waals surface area contributed by atoms with E-state index in [4.69, 9.17) is 21.1 Å². The van der Waals surface area contributed by atoms with Gasteiger partial charge in [0.15, 0.2) is 17.3 Å². The van der Waals surface area contributed by atoms with Crippen molar-refractivity contribution < 1.29 is 27.0 Å². The van der Waals surface area contributed by atoms with Crippen LogP contribution in [0.3, 0.4) is 0 Å². The van der Waals surface area contributed by atoms with Crippen LogP contribution in [0.4, 0.5) is 29.1 Å². The molecule has 0 radical (unpaired) electrons. The van der Waals surface area contributed by atoms with E-state index in [1.165, 1.54) is 13.2 Å². The van der Waals surface area contributed by atoms with Gasteiger partial charge in [0, 0.05) is 17.6 Å². The Balaban J connectivity index is 1.98. The summed E-state index contributed by atoms with van der Waals surface area (Å²) in [7, 11) is 1.44. The van der Waals surface area contributed by atoms with E-state index in [9.17, 15) is 17.6 Å². The number of methoxy groups -OCH3 is 1. The summed E-state index contributed by atoms with van der Waals surface area (Å²) in [6.45, 7) is 0.366. The first-order chi connectivity index (χ1) is 13.8. The molecule has 0 amide bonds. The van der Waals surface area contributed by atoms with Crippen molar-refractivity contribution in [3.05, 3.63) is 41.7 Å². The van der Waals surface area contributed by atoms with Gasteiger partial charge in [0.05, 0.1) is 24.7 Å². The molecule has 0 aliphatic heterocycles. The zero-order chi connectivity index (χ0) is 21.0. The minimum atomic E-state index is -4.83. The number of anilines is 2. The Hall–Kier alpha value is -2.88. The molecule has 0 saturated heterocycles. The number of nitrogens with zero attached hydrogens (tertiary/aromatic N) is 3. The Morgan fingerprint density at radius 1 is 1.10 bits per heavy atom. The lowest BCUT2D eigenvalue weighted by molar-refractivity contribution is -0.139. The fourth-order valence-electron chi connectivity index (χ4n) is 2.55. The van der Waals surface area contributed by atoms with Crippen molar-refractivity contribution in [2.75, 3.05) is 24.9 Å². The fourth-order valence-corrected chi connectivity index (χ4v) is 2.66. The molecular formula is C18H15ClF4N4O2. The lowest BCUT2D eigenvalue weighted by Gasteiger charge is -2.14. The van der Waals surface area contributed by atoms with E-state index in [-0.39, 0.29) is 11.5 Å². The molecule has 1 N–H and O–H groups in total. The lowest BCUT2D eigenvalue weighted by Crippen LogP contribution is -2.09. The Bertz CT molecular complexity index is 1020. The van der Waals surface area contributed by atoms with E-state index in [2.05, 4.69) is 20.7 Å². The van der Waals surface area contributed by atoms with Crippen LogP contribution in [0.5, 0.6) is 11.5 Å². The molecule has 6 nitrogen and oxygen atoms in total. The van der Waals surface area contributed by atoms with E-state index in [1.807, 2.05) is 0 Å². The van der Waals surface area contributed by atoms with Crippen molar-refractivity contribution in [3.8, 4) is 11.5 Å². The average molecular weight is 431 g/mol. The average Bonchev–Trinajstić information content (AvgIpc) is 2.68. The van der Waals surface area contributed by atoms with Crippen LogP contribution in [0, 0.1) is 5.82 Å². The normalized spacial score (nSPS) is 11.5. The first-order valence-corrected chi connectivity index (χ1v) is 8.90. The minimum absolute atomic E-state index is 0.0121. The smallest absolute Gasteiger partial charge is 0.419 e. The Labute approximate surface area is 167 Å². The predicted octanol–water partition coefficient (Wildman–Crippen LogP) is 4.94. The number of alkyl halides is 4. The van der Waals surface area contributed by atoms with Crippen molar-refractivity contribution in [2.45, 2.75) is 12.6 Å². The summed E-state index contributed by atoms with van der Waals surface area (Å²) in [4.78, 5) is 0. The second-order valence-electron chi connectivity index (χ2n) is 5.87. The topological polar surface area (TPSA) is 69.2 Å². The van der Waals surface area contributed by atoms with Gasteiger partial charge in [0.2, 0.25) is 0 Å². The summed E-state index contributed by atoms with van der Waals surface area (Å²) in [6.07, 6.45) is -4.20. The Morgan fingerprint density at radius 2 is 1.90 bits per heavy atom. The number of aromatic nitrogens is 3. The van der Waals surface area contributed by atoms with Crippen LogP contribution in [0.2, 0.25) is 0 Å². The predicted molar refractivity (Wildman–Crippen MR) is 99.4 cm³/mol. The van der Waals surface area contributed by atoms with E-state index >= 15 is 0 Å². The number of rotatable bonds is 7.